The highest BCUT2D eigenvalue weighted by Crippen LogP contribution is 2.27. The molecule has 1 heterocycles. The van der Waals surface area contributed by atoms with Crippen LogP contribution < -0.4 is 5.32 Å². The number of rotatable bonds is 4. The number of aliphatic hydroxyl groups is 1. The first kappa shape index (κ1) is 13.3. The third-order valence-corrected chi connectivity index (χ3v) is 3.47. The fourth-order valence-electron chi connectivity index (χ4n) is 2.34. The molecule has 2 rings (SSSR count). The molecule has 0 aromatic heterocycles. The molecular weight excluding hydrogens is 228 g/mol. The van der Waals surface area contributed by atoms with E-state index in [4.69, 9.17) is 0 Å². The van der Waals surface area contributed by atoms with Crippen molar-refractivity contribution in [1.29, 1.82) is 0 Å². The van der Waals surface area contributed by atoms with Crippen molar-refractivity contribution in [1.82, 2.24) is 10.2 Å². The summed E-state index contributed by atoms with van der Waals surface area (Å²) in [5, 5.41) is 23.2. The number of nitrogens with one attached hydrogen (secondary N) is 1. The van der Waals surface area contributed by atoms with E-state index in [1.54, 1.807) is 6.07 Å². The number of phenolic OH excluding ortho intramolecular Hbond substituents is 1. The molecule has 1 aromatic carbocycles. The van der Waals surface area contributed by atoms with Crippen molar-refractivity contribution < 1.29 is 10.2 Å². The van der Waals surface area contributed by atoms with Crippen LogP contribution in [0.1, 0.15) is 23.7 Å². The zero-order valence-corrected chi connectivity index (χ0v) is 10.9. The fourth-order valence-corrected chi connectivity index (χ4v) is 2.34. The first-order chi connectivity index (χ1) is 8.66. The molecule has 3 N–H and O–H groups in total. The monoisotopic (exact) mass is 250 g/mol. The molecule has 0 aliphatic carbocycles. The van der Waals surface area contributed by atoms with Crippen LogP contribution in [0.5, 0.6) is 5.75 Å². The number of hydrogen-bond acceptors (Lipinski definition) is 4. The quantitative estimate of drug-likeness (QED) is 0.747. The second kappa shape index (κ2) is 6.18. The Hall–Kier alpha value is -1.10. The largest absolute Gasteiger partial charge is 0.508 e. The van der Waals surface area contributed by atoms with Crippen LogP contribution in [0.3, 0.4) is 0 Å². The van der Waals surface area contributed by atoms with Crippen molar-refractivity contribution in [2.45, 2.75) is 19.4 Å². The third kappa shape index (κ3) is 3.45. The van der Waals surface area contributed by atoms with Gasteiger partial charge in [0.25, 0.3) is 0 Å². The Labute approximate surface area is 108 Å². The van der Waals surface area contributed by atoms with E-state index in [-0.39, 0.29) is 5.75 Å². The number of benzene rings is 1. The normalized spacial score (nSPS) is 18.8. The molecule has 1 unspecified atom stereocenters. The molecule has 4 heteroatoms. The van der Waals surface area contributed by atoms with Gasteiger partial charge in [0, 0.05) is 38.3 Å². The van der Waals surface area contributed by atoms with Crippen molar-refractivity contribution in [2.24, 2.45) is 0 Å². The highest BCUT2D eigenvalue weighted by Gasteiger charge is 2.15. The molecule has 0 saturated carbocycles. The lowest BCUT2D eigenvalue weighted by Gasteiger charge is -2.28. The molecule has 1 aromatic rings. The van der Waals surface area contributed by atoms with Gasteiger partial charge in [0.2, 0.25) is 0 Å². The van der Waals surface area contributed by atoms with Crippen molar-refractivity contribution in [3.05, 3.63) is 29.3 Å². The van der Waals surface area contributed by atoms with E-state index in [2.05, 4.69) is 10.2 Å². The average molecular weight is 250 g/mol. The number of aliphatic hydroxyl groups excluding tert-OH is 1. The Kier molecular flexibility index (Phi) is 4.58. The van der Waals surface area contributed by atoms with Crippen molar-refractivity contribution in [2.75, 3.05) is 32.7 Å². The molecule has 0 spiro atoms. The Morgan fingerprint density at radius 2 is 2.06 bits per heavy atom. The van der Waals surface area contributed by atoms with Crippen LogP contribution in [0, 0.1) is 6.92 Å². The Morgan fingerprint density at radius 1 is 1.33 bits per heavy atom. The summed E-state index contributed by atoms with van der Waals surface area (Å²) >= 11 is 0. The molecule has 1 aliphatic rings. The molecule has 0 radical (unpaired) electrons. The fraction of sp³-hybridized carbons (Fsp3) is 0.571. The predicted octanol–water partition coefficient (Wildman–Crippen LogP) is 1.03. The van der Waals surface area contributed by atoms with Crippen LogP contribution >= 0.6 is 0 Å². The minimum Gasteiger partial charge on any atom is -0.508 e. The predicted molar refractivity (Wildman–Crippen MR) is 71.7 cm³/mol. The average Bonchev–Trinajstić information content (AvgIpc) is 2.40. The SMILES string of the molecule is Cc1ccc(O)c(C(O)CCN2CCNCC2)c1. The Morgan fingerprint density at radius 3 is 2.78 bits per heavy atom. The Balaban J connectivity index is 1.90. The van der Waals surface area contributed by atoms with Gasteiger partial charge in [0.1, 0.15) is 5.75 Å². The topological polar surface area (TPSA) is 55.7 Å². The summed E-state index contributed by atoms with van der Waals surface area (Å²) in [7, 11) is 0. The maximum Gasteiger partial charge on any atom is 0.121 e. The summed E-state index contributed by atoms with van der Waals surface area (Å²) in [6, 6.07) is 5.36. The second-order valence-electron chi connectivity index (χ2n) is 4.96. The van der Waals surface area contributed by atoms with Gasteiger partial charge in [-0.05, 0) is 25.5 Å². The highest BCUT2D eigenvalue weighted by atomic mass is 16.3. The van der Waals surface area contributed by atoms with Gasteiger partial charge >= 0.3 is 0 Å². The summed E-state index contributed by atoms with van der Waals surface area (Å²) in [6.07, 6.45) is 0.0802. The standard InChI is InChI=1S/C14H22N2O2/c1-11-2-3-13(17)12(10-11)14(18)4-7-16-8-5-15-6-9-16/h2-3,10,14-15,17-18H,4-9H2,1H3. The smallest absolute Gasteiger partial charge is 0.121 e. The summed E-state index contributed by atoms with van der Waals surface area (Å²) in [6.45, 7) is 6.94. The number of piperazine rings is 1. The van der Waals surface area contributed by atoms with Gasteiger partial charge in [0.05, 0.1) is 6.10 Å². The summed E-state index contributed by atoms with van der Waals surface area (Å²) in [5.41, 5.74) is 1.70. The molecular formula is C14H22N2O2. The minimum absolute atomic E-state index is 0.188. The van der Waals surface area contributed by atoms with E-state index < -0.39 is 6.10 Å². The lowest BCUT2D eigenvalue weighted by atomic mass is 10.0. The van der Waals surface area contributed by atoms with Crippen LogP contribution in [0.4, 0.5) is 0 Å². The van der Waals surface area contributed by atoms with Gasteiger partial charge in [0.15, 0.2) is 0 Å². The van der Waals surface area contributed by atoms with Crippen LogP contribution in [-0.4, -0.2) is 47.8 Å². The third-order valence-electron chi connectivity index (χ3n) is 3.47. The lowest BCUT2D eigenvalue weighted by molar-refractivity contribution is 0.134. The number of phenols is 1. The lowest BCUT2D eigenvalue weighted by Crippen LogP contribution is -2.44. The van der Waals surface area contributed by atoms with Crippen LogP contribution in [-0.2, 0) is 0 Å². The van der Waals surface area contributed by atoms with Crippen LogP contribution in [0.15, 0.2) is 18.2 Å². The first-order valence-corrected chi connectivity index (χ1v) is 6.57. The van der Waals surface area contributed by atoms with Crippen molar-refractivity contribution in [3.63, 3.8) is 0 Å². The maximum atomic E-state index is 10.2. The second-order valence-corrected chi connectivity index (χ2v) is 4.96. The number of aromatic hydroxyl groups is 1. The van der Waals surface area contributed by atoms with Crippen LogP contribution in [0.2, 0.25) is 0 Å². The highest BCUT2D eigenvalue weighted by molar-refractivity contribution is 5.37. The van der Waals surface area contributed by atoms with Gasteiger partial charge in [-0.15, -0.1) is 0 Å². The molecule has 1 aliphatic heterocycles. The van der Waals surface area contributed by atoms with Crippen molar-refractivity contribution in [3.8, 4) is 5.75 Å². The van der Waals surface area contributed by atoms with E-state index in [0.29, 0.717) is 12.0 Å². The van der Waals surface area contributed by atoms with Crippen LogP contribution in [0.25, 0.3) is 0 Å². The van der Waals surface area contributed by atoms with E-state index in [1.807, 2.05) is 19.1 Å². The number of nitrogens with zero attached hydrogens (tertiary/aromatic N) is 1. The first-order valence-electron chi connectivity index (χ1n) is 6.57. The molecule has 1 atom stereocenters. The van der Waals surface area contributed by atoms with Gasteiger partial charge < -0.3 is 20.4 Å². The summed E-state index contributed by atoms with van der Waals surface area (Å²) in [5.74, 6) is 0.188. The molecule has 1 saturated heterocycles. The molecule has 100 valence electrons. The minimum atomic E-state index is -0.584. The van der Waals surface area contributed by atoms with E-state index in [1.165, 1.54) is 0 Å². The van der Waals surface area contributed by atoms with Gasteiger partial charge in [-0.25, -0.2) is 0 Å². The van der Waals surface area contributed by atoms with E-state index in [9.17, 15) is 10.2 Å². The molecule has 18 heavy (non-hydrogen) atoms. The Bertz CT molecular complexity index is 389. The summed E-state index contributed by atoms with van der Waals surface area (Å²) < 4.78 is 0. The van der Waals surface area contributed by atoms with Gasteiger partial charge in [-0.3, -0.25) is 0 Å². The molecule has 1 fully saturated rings. The van der Waals surface area contributed by atoms with Gasteiger partial charge in [-0.1, -0.05) is 11.6 Å². The number of hydrogen-bond donors (Lipinski definition) is 3. The maximum absolute atomic E-state index is 10.2. The molecule has 0 amide bonds. The zero-order valence-electron chi connectivity index (χ0n) is 10.9. The molecule has 0 bridgehead atoms. The summed E-state index contributed by atoms with van der Waals surface area (Å²) in [4.78, 5) is 2.34. The number of aryl methyl sites for hydroxylation is 1. The van der Waals surface area contributed by atoms with E-state index >= 15 is 0 Å². The van der Waals surface area contributed by atoms with Gasteiger partial charge in [-0.2, -0.15) is 0 Å². The van der Waals surface area contributed by atoms with Crippen molar-refractivity contribution >= 4 is 0 Å². The molecule has 4 nitrogen and oxygen atoms in total. The zero-order chi connectivity index (χ0) is 13.0. The van der Waals surface area contributed by atoms with E-state index in [0.717, 1.165) is 38.3 Å².